The van der Waals surface area contributed by atoms with Crippen molar-refractivity contribution < 1.29 is 5.11 Å². The molecule has 0 saturated carbocycles. The first-order valence-electron chi connectivity index (χ1n) is 6.35. The summed E-state index contributed by atoms with van der Waals surface area (Å²) in [5, 5.41) is 10.0. The molecule has 0 saturated heterocycles. The summed E-state index contributed by atoms with van der Waals surface area (Å²) in [5.74, 6) is 0.721. The predicted octanol–water partition coefficient (Wildman–Crippen LogP) is 3.26. The molecule has 0 atom stereocenters. The SMILES string of the molecule is Oc1nc(-c2ccccc2)n2c1cnc1ccccc12. The Hall–Kier alpha value is -2.88. The van der Waals surface area contributed by atoms with Crippen molar-refractivity contribution in [3.63, 3.8) is 0 Å². The van der Waals surface area contributed by atoms with Crippen LogP contribution in [0, 0.1) is 0 Å². The Morgan fingerprint density at radius 2 is 1.60 bits per heavy atom. The van der Waals surface area contributed by atoms with Gasteiger partial charge in [-0.25, -0.2) is 0 Å². The van der Waals surface area contributed by atoms with E-state index in [9.17, 15) is 5.11 Å². The fourth-order valence-corrected chi connectivity index (χ4v) is 2.45. The van der Waals surface area contributed by atoms with E-state index in [-0.39, 0.29) is 5.88 Å². The molecule has 0 aliphatic carbocycles. The first kappa shape index (κ1) is 11.0. The lowest BCUT2D eigenvalue weighted by Crippen LogP contribution is -1.93. The number of rotatable bonds is 1. The fourth-order valence-electron chi connectivity index (χ4n) is 2.45. The molecule has 0 aliphatic heterocycles. The molecule has 4 nitrogen and oxygen atoms in total. The van der Waals surface area contributed by atoms with Crippen molar-refractivity contribution in [2.24, 2.45) is 0 Å². The molecule has 1 N–H and O–H groups in total. The Kier molecular flexibility index (Phi) is 2.23. The van der Waals surface area contributed by atoms with Gasteiger partial charge in [-0.2, -0.15) is 4.98 Å². The maximum atomic E-state index is 10.0. The van der Waals surface area contributed by atoms with Gasteiger partial charge in [0.1, 0.15) is 11.3 Å². The lowest BCUT2D eigenvalue weighted by molar-refractivity contribution is 0.462. The summed E-state index contributed by atoms with van der Waals surface area (Å²) in [6, 6.07) is 17.6. The van der Waals surface area contributed by atoms with E-state index in [1.54, 1.807) is 6.20 Å². The van der Waals surface area contributed by atoms with Gasteiger partial charge < -0.3 is 5.11 Å². The van der Waals surface area contributed by atoms with Crippen LogP contribution in [0.2, 0.25) is 0 Å². The zero-order chi connectivity index (χ0) is 13.5. The molecule has 0 unspecified atom stereocenters. The number of hydrogen-bond donors (Lipinski definition) is 1. The van der Waals surface area contributed by atoms with Crippen LogP contribution >= 0.6 is 0 Å². The van der Waals surface area contributed by atoms with Gasteiger partial charge in [-0.05, 0) is 12.1 Å². The number of para-hydroxylation sites is 2. The lowest BCUT2D eigenvalue weighted by Gasteiger charge is -2.05. The first-order valence-corrected chi connectivity index (χ1v) is 6.35. The molecule has 0 fully saturated rings. The third kappa shape index (κ3) is 1.48. The quantitative estimate of drug-likeness (QED) is 0.572. The normalized spacial score (nSPS) is 11.2. The van der Waals surface area contributed by atoms with Gasteiger partial charge in [0.05, 0.1) is 17.2 Å². The zero-order valence-corrected chi connectivity index (χ0v) is 10.6. The summed E-state index contributed by atoms with van der Waals surface area (Å²) in [4.78, 5) is 8.65. The summed E-state index contributed by atoms with van der Waals surface area (Å²) < 4.78 is 1.94. The summed E-state index contributed by atoms with van der Waals surface area (Å²) in [6.45, 7) is 0. The minimum atomic E-state index is 0.00195. The van der Waals surface area contributed by atoms with Crippen LogP contribution in [0.5, 0.6) is 5.88 Å². The van der Waals surface area contributed by atoms with E-state index in [2.05, 4.69) is 9.97 Å². The summed E-state index contributed by atoms with van der Waals surface area (Å²) in [7, 11) is 0. The van der Waals surface area contributed by atoms with Crippen molar-refractivity contribution in [3.05, 3.63) is 60.8 Å². The number of aromatic nitrogens is 3. The number of fused-ring (bicyclic) bond motifs is 3. The van der Waals surface area contributed by atoms with Crippen molar-refractivity contribution in [2.45, 2.75) is 0 Å². The highest BCUT2D eigenvalue weighted by atomic mass is 16.3. The van der Waals surface area contributed by atoms with Gasteiger partial charge in [0.2, 0.25) is 5.88 Å². The predicted molar refractivity (Wildman–Crippen MR) is 77.6 cm³/mol. The molecule has 0 aliphatic rings. The molecule has 0 radical (unpaired) electrons. The molecule has 96 valence electrons. The van der Waals surface area contributed by atoms with Gasteiger partial charge in [-0.3, -0.25) is 9.38 Å². The van der Waals surface area contributed by atoms with Crippen LogP contribution in [0.25, 0.3) is 27.9 Å². The Bertz CT molecular complexity index is 913. The number of aromatic hydroxyl groups is 1. The summed E-state index contributed by atoms with van der Waals surface area (Å²) >= 11 is 0. The number of imidazole rings is 1. The smallest absolute Gasteiger partial charge is 0.239 e. The van der Waals surface area contributed by atoms with E-state index in [1.807, 2.05) is 59.0 Å². The van der Waals surface area contributed by atoms with Crippen LogP contribution < -0.4 is 0 Å². The van der Waals surface area contributed by atoms with Crippen LogP contribution in [0.15, 0.2) is 60.8 Å². The van der Waals surface area contributed by atoms with Crippen molar-refractivity contribution in [1.82, 2.24) is 14.4 Å². The molecule has 2 aromatic carbocycles. The zero-order valence-electron chi connectivity index (χ0n) is 10.6. The minimum absolute atomic E-state index is 0.00195. The van der Waals surface area contributed by atoms with Crippen LogP contribution in [0.3, 0.4) is 0 Å². The monoisotopic (exact) mass is 261 g/mol. The number of hydrogen-bond acceptors (Lipinski definition) is 3. The van der Waals surface area contributed by atoms with E-state index in [1.165, 1.54) is 0 Å². The third-order valence-corrected chi connectivity index (χ3v) is 3.37. The Morgan fingerprint density at radius 3 is 2.45 bits per heavy atom. The molecule has 4 heteroatoms. The molecule has 4 rings (SSSR count). The van der Waals surface area contributed by atoms with Crippen molar-refractivity contribution in [1.29, 1.82) is 0 Å². The van der Waals surface area contributed by atoms with Gasteiger partial charge >= 0.3 is 0 Å². The molecule has 0 amide bonds. The number of nitrogens with zero attached hydrogens (tertiary/aromatic N) is 3. The molecule has 4 aromatic rings. The van der Waals surface area contributed by atoms with Gasteiger partial charge in [-0.1, -0.05) is 42.5 Å². The number of benzene rings is 2. The molecular weight excluding hydrogens is 250 g/mol. The fraction of sp³-hybridized carbons (Fsp3) is 0. The minimum Gasteiger partial charge on any atom is -0.492 e. The lowest BCUT2D eigenvalue weighted by atomic mass is 10.2. The summed E-state index contributed by atoms with van der Waals surface area (Å²) in [5.41, 5.74) is 3.37. The van der Waals surface area contributed by atoms with Crippen LogP contribution in [0.4, 0.5) is 0 Å². The standard InChI is InChI=1S/C16H11N3O/c20-16-14-10-17-12-8-4-5-9-13(12)19(14)15(18-16)11-6-2-1-3-7-11/h1-10,20H. The second-order valence-corrected chi connectivity index (χ2v) is 4.59. The van der Waals surface area contributed by atoms with Crippen LogP contribution in [-0.2, 0) is 0 Å². The molecule has 0 bridgehead atoms. The Balaban J connectivity index is 2.19. The van der Waals surface area contributed by atoms with Crippen molar-refractivity contribution in [2.75, 3.05) is 0 Å². The van der Waals surface area contributed by atoms with Crippen LogP contribution in [-0.4, -0.2) is 19.5 Å². The van der Waals surface area contributed by atoms with E-state index in [4.69, 9.17) is 0 Å². The molecule has 0 spiro atoms. The van der Waals surface area contributed by atoms with Gasteiger partial charge in [0.25, 0.3) is 0 Å². The summed E-state index contributed by atoms with van der Waals surface area (Å²) in [6.07, 6.45) is 1.65. The topological polar surface area (TPSA) is 50.4 Å². The van der Waals surface area contributed by atoms with Crippen molar-refractivity contribution >= 4 is 16.6 Å². The molecular formula is C16H11N3O. The maximum absolute atomic E-state index is 10.0. The highest BCUT2D eigenvalue weighted by Gasteiger charge is 2.14. The molecule has 2 aromatic heterocycles. The van der Waals surface area contributed by atoms with E-state index >= 15 is 0 Å². The molecule has 20 heavy (non-hydrogen) atoms. The highest BCUT2D eigenvalue weighted by molar-refractivity contribution is 5.82. The van der Waals surface area contributed by atoms with Gasteiger partial charge in [0, 0.05) is 5.56 Å². The Labute approximate surface area is 115 Å². The van der Waals surface area contributed by atoms with E-state index in [0.717, 1.165) is 22.4 Å². The van der Waals surface area contributed by atoms with Gasteiger partial charge in [0.15, 0.2) is 0 Å². The highest BCUT2D eigenvalue weighted by Crippen LogP contribution is 2.29. The molecule has 2 heterocycles. The average Bonchev–Trinajstić information content (AvgIpc) is 2.86. The van der Waals surface area contributed by atoms with E-state index in [0.29, 0.717) is 5.52 Å². The van der Waals surface area contributed by atoms with Crippen LogP contribution in [0.1, 0.15) is 0 Å². The Morgan fingerprint density at radius 1 is 0.850 bits per heavy atom. The third-order valence-electron chi connectivity index (χ3n) is 3.37. The van der Waals surface area contributed by atoms with Crippen molar-refractivity contribution in [3.8, 4) is 17.3 Å². The second kappa shape index (κ2) is 4.06. The van der Waals surface area contributed by atoms with Gasteiger partial charge in [-0.15, -0.1) is 0 Å². The van der Waals surface area contributed by atoms with E-state index < -0.39 is 0 Å². The first-order chi connectivity index (χ1) is 9.84. The largest absolute Gasteiger partial charge is 0.492 e. The second-order valence-electron chi connectivity index (χ2n) is 4.59. The maximum Gasteiger partial charge on any atom is 0.239 e. The average molecular weight is 261 g/mol.